The molecule has 1 aliphatic heterocycles. The molecule has 0 radical (unpaired) electrons. The summed E-state index contributed by atoms with van der Waals surface area (Å²) in [6.45, 7) is 1.04. The van der Waals surface area contributed by atoms with E-state index in [9.17, 15) is 32.6 Å². The van der Waals surface area contributed by atoms with Crippen molar-refractivity contribution in [3.63, 3.8) is 0 Å². The number of aliphatic hydroxyl groups is 1. The number of halogens is 4. The van der Waals surface area contributed by atoms with E-state index in [0.29, 0.717) is 67.2 Å². The highest BCUT2D eigenvalue weighted by Crippen LogP contribution is 2.42. The average Bonchev–Trinajstić information content (AvgIpc) is 2.94. The third-order valence-electron chi connectivity index (χ3n) is 7.80. The number of aliphatic carboxylic acids is 1. The third-order valence-corrected chi connectivity index (χ3v) is 7.80. The zero-order valence-corrected chi connectivity index (χ0v) is 22.2. The number of nitrogens with one attached hydrogen (secondary N) is 1. The number of piperidine rings is 1. The SMILES string of the molecule is COc1ccc2ncc(CF)c(C(O)CCC3(CC(=O)O)CCN(CCNc4cc(F)cc(F)c4F)CC3)c2c1. The molecule has 40 heavy (non-hydrogen) atoms. The van der Waals surface area contributed by atoms with Crippen LogP contribution in [0.5, 0.6) is 5.75 Å². The van der Waals surface area contributed by atoms with Gasteiger partial charge in [-0.3, -0.25) is 9.78 Å². The van der Waals surface area contributed by atoms with Crippen LogP contribution in [0.3, 0.4) is 0 Å². The van der Waals surface area contributed by atoms with E-state index in [4.69, 9.17) is 4.74 Å². The number of alkyl halides is 1. The monoisotopic (exact) mass is 563 g/mol. The van der Waals surface area contributed by atoms with E-state index in [2.05, 4.69) is 15.2 Å². The minimum atomic E-state index is -1.27. The number of aliphatic hydroxyl groups excluding tert-OH is 1. The first-order valence-corrected chi connectivity index (χ1v) is 13.2. The first-order valence-electron chi connectivity index (χ1n) is 13.2. The molecule has 11 heteroatoms. The summed E-state index contributed by atoms with van der Waals surface area (Å²) in [6.07, 6.45) is 2.07. The highest BCUT2D eigenvalue weighted by molar-refractivity contribution is 5.85. The van der Waals surface area contributed by atoms with E-state index in [0.717, 1.165) is 6.07 Å². The number of carboxylic acids is 1. The van der Waals surface area contributed by atoms with Crippen molar-refractivity contribution >= 4 is 22.6 Å². The summed E-state index contributed by atoms with van der Waals surface area (Å²) in [5, 5.41) is 24.2. The number of fused-ring (bicyclic) bond motifs is 1. The second kappa shape index (κ2) is 12.8. The van der Waals surface area contributed by atoms with Crippen molar-refractivity contribution in [3.05, 3.63) is 65.1 Å². The Balaban J connectivity index is 1.41. The van der Waals surface area contributed by atoms with E-state index in [-0.39, 0.29) is 30.6 Å². The molecule has 7 nitrogen and oxygen atoms in total. The van der Waals surface area contributed by atoms with E-state index in [1.807, 2.05) is 0 Å². The molecule has 0 bridgehead atoms. The molecule has 2 aromatic carbocycles. The predicted octanol–water partition coefficient (Wildman–Crippen LogP) is 5.61. The van der Waals surface area contributed by atoms with Crippen molar-refractivity contribution in [3.8, 4) is 5.75 Å². The molecule has 3 N–H and O–H groups in total. The van der Waals surface area contributed by atoms with Crippen LogP contribution < -0.4 is 10.1 Å². The lowest BCUT2D eigenvalue weighted by Crippen LogP contribution is -2.43. The van der Waals surface area contributed by atoms with Gasteiger partial charge in [0.05, 0.1) is 30.8 Å². The van der Waals surface area contributed by atoms with Gasteiger partial charge in [0.1, 0.15) is 18.2 Å². The molecule has 1 fully saturated rings. The van der Waals surface area contributed by atoms with Crippen LogP contribution in [0.4, 0.5) is 23.2 Å². The topological polar surface area (TPSA) is 94.9 Å². The van der Waals surface area contributed by atoms with Gasteiger partial charge in [0.2, 0.25) is 0 Å². The van der Waals surface area contributed by atoms with E-state index >= 15 is 0 Å². The first-order chi connectivity index (χ1) is 19.1. The molecule has 1 atom stereocenters. The molecular weight excluding hydrogens is 530 g/mol. The van der Waals surface area contributed by atoms with Gasteiger partial charge >= 0.3 is 5.97 Å². The van der Waals surface area contributed by atoms with Gasteiger partial charge in [-0.05, 0) is 68.0 Å². The second-order valence-corrected chi connectivity index (χ2v) is 10.4. The van der Waals surface area contributed by atoms with Gasteiger partial charge in [-0.15, -0.1) is 0 Å². The average molecular weight is 564 g/mol. The van der Waals surface area contributed by atoms with Crippen LogP contribution in [0.25, 0.3) is 10.9 Å². The molecule has 1 aromatic heterocycles. The number of ether oxygens (including phenoxy) is 1. The lowest BCUT2D eigenvalue weighted by atomic mass is 9.71. The Morgan fingerprint density at radius 2 is 1.95 bits per heavy atom. The second-order valence-electron chi connectivity index (χ2n) is 10.4. The number of likely N-dealkylation sites (tertiary alicyclic amines) is 1. The predicted molar refractivity (Wildman–Crippen MR) is 142 cm³/mol. The summed E-state index contributed by atoms with van der Waals surface area (Å²) in [5.74, 6) is -3.67. The molecule has 0 amide bonds. The Morgan fingerprint density at radius 3 is 2.62 bits per heavy atom. The quantitative estimate of drug-likeness (QED) is 0.195. The number of anilines is 1. The van der Waals surface area contributed by atoms with Crippen molar-refractivity contribution in [2.24, 2.45) is 5.41 Å². The molecule has 1 aliphatic rings. The number of rotatable bonds is 12. The number of aromatic nitrogens is 1. The first kappa shape index (κ1) is 29.5. The molecule has 0 spiro atoms. The summed E-state index contributed by atoms with van der Waals surface area (Å²) in [7, 11) is 1.52. The van der Waals surface area contributed by atoms with E-state index < -0.39 is 41.6 Å². The summed E-state index contributed by atoms with van der Waals surface area (Å²) in [4.78, 5) is 18.1. The van der Waals surface area contributed by atoms with Crippen LogP contribution in [0.15, 0.2) is 36.5 Å². The zero-order chi connectivity index (χ0) is 28.9. The smallest absolute Gasteiger partial charge is 0.303 e. The Hall–Kier alpha value is -3.44. The van der Waals surface area contributed by atoms with Gasteiger partial charge in [-0.1, -0.05) is 0 Å². The van der Waals surface area contributed by atoms with Crippen molar-refractivity contribution in [2.45, 2.75) is 44.9 Å². The lowest BCUT2D eigenvalue weighted by Gasteiger charge is -2.41. The molecule has 3 aromatic rings. The minimum absolute atomic E-state index is 0.0690. The summed E-state index contributed by atoms with van der Waals surface area (Å²) >= 11 is 0. The van der Waals surface area contributed by atoms with Crippen LogP contribution in [-0.4, -0.2) is 59.4 Å². The van der Waals surface area contributed by atoms with Gasteiger partial charge in [0.15, 0.2) is 11.6 Å². The fraction of sp³-hybridized carbons (Fsp3) is 0.448. The van der Waals surface area contributed by atoms with Crippen LogP contribution in [-0.2, 0) is 11.5 Å². The number of benzene rings is 2. The third kappa shape index (κ3) is 6.82. The van der Waals surface area contributed by atoms with Crippen molar-refractivity contribution in [2.75, 3.05) is 38.6 Å². The van der Waals surface area contributed by atoms with Crippen LogP contribution in [0.2, 0.25) is 0 Å². The standard InChI is InChI=1S/C29H33F4N3O4/c1-40-20-2-3-23-21(14-20)27(18(16-30)17-35-23)25(37)4-5-29(15-26(38)39)6-9-36(10-7-29)11-8-34-24-13-19(31)12-22(32)28(24)33/h2-3,12-14,17,25,34,37H,4-11,15-16H2,1H3,(H,38,39). The molecule has 0 saturated carbocycles. The maximum atomic E-state index is 13.9. The molecule has 1 unspecified atom stereocenters. The lowest BCUT2D eigenvalue weighted by molar-refractivity contribution is -0.141. The number of hydrogen-bond donors (Lipinski definition) is 3. The van der Waals surface area contributed by atoms with Crippen molar-refractivity contribution in [1.29, 1.82) is 0 Å². The fourth-order valence-corrected chi connectivity index (χ4v) is 5.57. The highest BCUT2D eigenvalue weighted by Gasteiger charge is 2.37. The maximum Gasteiger partial charge on any atom is 0.303 e. The molecule has 4 rings (SSSR count). The summed E-state index contributed by atoms with van der Waals surface area (Å²) in [6, 6.07) is 6.56. The van der Waals surface area contributed by atoms with Gasteiger partial charge in [-0.25, -0.2) is 17.6 Å². The Labute approximate surface area is 229 Å². The molecule has 216 valence electrons. The van der Waals surface area contributed by atoms with Gasteiger partial charge in [0, 0.05) is 42.4 Å². The Kier molecular flexibility index (Phi) is 9.47. The normalized spacial score (nSPS) is 16.1. The number of hydrogen-bond acceptors (Lipinski definition) is 6. The number of carboxylic acid groups (broad SMARTS) is 1. The van der Waals surface area contributed by atoms with Gasteiger partial charge in [0.25, 0.3) is 0 Å². The van der Waals surface area contributed by atoms with Crippen LogP contribution >= 0.6 is 0 Å². The highest BCUT2D eigenvalue weighted by atomic mass is 19.2. The van der Waals surface area contributed by atoms with Gasteiger partial charge in [-0.2, -0.15) is 0 Å². The molecular formula is C29H33F4N3O4. The maximum absolute atomic E-state index is 13.9. The Bertz CT molecular complexity index is 1340. The van der Waals surface area contributed by atoms with Crippen molar-refractivity contribution < 1.29 is 37.3 Å². The fourth-order valence-electron chi connectivity index (χ4n) is 5.57. The largest absolute Gasteiger partial charge is 0.497 e. The molecule has 2 heterocycles. The number of carbonyl (C=O) groups is 1. The molecule has 1 saturated heterocycles. The zero-order valence-electron chi connectivity index (χ0n) is 22.2. The molecule has 0 aliphatic carbocycles. The Morgan fingerprint density at radius 1 is 1.20 bits per heavy atom. The van der Waals surface area contributed by atoms with Gasteiger partial charge < -0.3 is 25.2 Å². The van der Waals surface area contributed by atoms with Crippen LogP contribution in [0.1, 0.15) is 49.3 Å². The summed E-state index contributed by atoms with van der Waals surface area (Å²) < 4.78 is 59.9. The van der Waals surface area contributed by atoms with E-state index in [1.54, 1.807) is 18.2 Å². The number of nitrogens with zero attached hydrogens (tertiary/aromatic N) is 2. The van der Waals surface area contributed by atoms with Crippen molar-refractivity contribution in [1.82, 2.24) is 9.88 Å². The number of pyridine rings is 1. The number of methoxy groups -OCH3 is 1. The van der Waals surface area contributed by atoms with Crippen LogP contribution in [0, 0.1) is 22.9 Å². The van der Waals surface area contributed by atoms with E-state index in [1.165, 1.54) is 13.3 Å². The summed E-state index contributed by atoms with van der Waals surface area (Å²) in [5.41, 5.74) is 0.483. The minimum Gasteiger partial charge on any atom is -0.497 e.